The Labute approximate surface area is 162 Å². The van der Waals surface area contributed by atoms with Crippen LogP contribution in [0, 0.1) is 19.8 Å². The Balaban J connectivity index is 1.55. The van der Waals surface area contributed by atoms with Crippen LogP contribution >= 0.6 is 0 Å². The van der Waals surface area contributed by atoms with Crippen LogP contribution in [0.15, 0.2) is 42.5 Å². The van der Waals surface area contributed by atoms with Crippen molar-refractivity contribution in [3.8, 4) is 5.75 Å². The van der Waals surface area contributed by atoms with Crippen LogP contribution in [0.1, 0.15) is 17.5 Å². The van der Waals surface area contributed by atoms with Gasteiger partial charge in [-0.3, -0.25) is 14.4 Å². The summed E-state index contributed by atoms with van der Waals surface area (Å²) in [5, 5.41) is 11.9. The van der Waals surface area contributed by atoms with Gasteiger partial charge in [-0.05, 0) is 61.4 Å². The molecule has 2 aromatic rings. The summed E-state index contributed by atoms with van der Waals surface area (Å²) in [5.74, 6) is -1.65. The van der Waals surface area contributed by atoms with Crippen LogP contribution in [-0.2, 0) is 14.4 Å². The lowest BCUT2D eigenvalue weighted by molar-refractivity contribution is -0.141. The standard InChI is InChI=1S/C21H22N2O5/c1-13-7-14(2)9-16(8-13)22-19(24)12-28-18-5-3-17(4-6-18)23-11-15(21(26)27)10-20(23)25/h3-9,15H,10-12H2,1-2H3,(H,22,24)(H,26,27). The van der Waals surface area contributed by atoms with Gasteiger partial charge in [-0.1, -0.05) is 6.07 Å². The largest absolute Gasteiger partial charge is 0.484 e. The first-order valence-electron chi connectivity index (χ1n) is 8.96. The van der Waals surface area contributed by atoms with Crippen molar-refractivity contribution in [3.63, 3.8) is 0 Å². The number of nitrogens with zero attached hydrogens (tertiary/aromatic N) is 1. The third-order valence-electron chi connectivity index (χ3n) is 4.50. The van der Waals surface area contributed by atoms with Crippen LogP contribution in [0.2, 0.25) is 0 Å². The van der Waals surface area contributed by atoms with E-state index in [1.165, 1.54) is 4.90 Å². The predicted octanol–water partition coefficient (Wildman–Crippen LogP) is 2.76. The number of benzene rings is 2. The molecule has 1 unspecified atom stereocenters. The minimum Gasteiger partial charge on any atom is -0.484 e. The summed E-state index contributed by atoms with van der Waals surface area (Å²) in [5.41, 5.74) is 3.46. The maximum atomic E-state index is 12.1. The van der Waals surface area contributed by atoms with Gasteiger partial charge in [0.05, 0.1) is 5.92 Å². The van der Waals surface area contributed by atoms with E-state index in [1.54, 1.807) is 24.3 Å². The predicted molar refractivity (Wildman–Crippen MR) is 105 cm³/mol. The Kier molecular flexibility index (Phi) is 5.63. The second kappa shape index (κ2) is 8.12. The van der Waals surface area contributed by atoms with E-state index >= 15 is 0 Å². The third-order valence-corrected chi connectivity index (χ3v) is 4.50. The third kappa shape index (κ3) is 4.68. The van der Waals surface area contributed by atoms with Gasteiger partial charge in [0.25, 0.3) is 5.91 Å². The van der Waals surface area contributed by atoms with Crippen molar-refractivity contribution >= 4 is 29.2 Å². The molecule has 0 saturated carbocycles. The monoisotopic (exact) mass is 382 g/mol. The maximum absolute atomic E-state index is 12.1. The van der Waals surface area contributed by atoms with Crippen LogP contribution < -0.4 is 15.0 Å². The summed E-state index contributed by atoms with van der Waals surface area (Å²) < 4.78 is 5.49. The number of carbonyl (C=O) groups is 3. The van der Waals surface area contributed by atoms with E-state index in [9.17, 15) is 14.4 Å². The van der Waals surface area contributed by atoms with Crippen LogP contribution in [0.5, 0.6) is 5.75 Å². The summed E-state index contributed by atoms with van der Waals surface area (Å²) in [6.07, 6.45) is 0.00614. The fourth-order valence-electron chi connectivity index (χ4n) is 3.24. The molecular weight excluding hydrogens is 360 g/mol. The van der Waals surface area contributed by atoms with E-state index in [2.05, 4.69) is 5.32 Å². The van der Waals surface area contributed by atoms with Gasteiger partial charge in [-0.15, -0.1) is 0 Å². The first-order valence-corrected chi connectivity index (χ1v) is 8.96. The lowest BCUT2D eigenvalue weighted by Crippen LogP contribution is -2.25. The molecule has 1 atom stereocenters. The van der Waals surface area contributed by atoms with Crippen LogP contribution in [-0.4, -0.2) is 36.0 Å². The molecule has 1 aliphatic heterocycles. The molecule has 3 rings (SSSR count). The molecular formula is C21H22N2O5. The number of aliphatic carboxylic acids is 1. The molecule has 1 aliphatic rings. The lowest BCUT2D eigenvalue weighted by Gasteiger charge is -2.16. The summed E-state index contributed by atoms with van der Waals surface area (Å²) >= 11 is 0. The number of anilines is 2. The number of carboxylic acids is 1. The number of rotatable bonds is 6. The quantitative estimate of drug-likeness (QED) is 0.801. The Morgan fingerprint density at radius 2 is 1.79 bits per heavy atom. The smallest absolute Gasteiger partial charge is 0.308 e. The molecule has 2 N–H and O–H groups in total. The Bertz CT molecular complexity index is 887. The summed E-state index contributed by atoms with van der Waals surface area (Å²) in [6, 6.07) is 12.5. The minimum absolute atomic E-state index is 0.00614. The number of carbonyl (C=O) groups excluding carboxylic acids is 2. The van der Waals surface area contributed by atoms with Crippen LogP contribution in [0.3, 0.4) is 0 Å². The Morgan fingerprint density at radius 1 is 1.14 bits per heavy atom. The Hall–Kier alpha value is -3.35. The van der Waals surface area contributed by atoms with E-state index < -0.39 is 11.9 Å². The molecule has 0 aliphatic carbocycles. The normalized spacial score (nSPS) is 16.1. The minimum atomic E-state index is -0.967. The highest BCUT2D eigenvalue weighted by atomic mass is 16.5. The zero-order valence-corrected chi connectivity index (χ0v) is 15.8. The van der Waals surface area contributed by atoms with Gasteiger partial charge in [0.2, 0.25) is 5.91 Å². The number of hydrogen-bond acceptors (Lipinski definition) is 4. The van der Waals surface area contributed by atoms with E-state index in [1.807, 2.05) is 32.0 Å². The topological polar surface area (TPSA) is 95.9 Å². The molecule has 1 heterocycles. The summed E-state index contributed by atoms with van der Waals surface area (Å²) in [6.45, 7) is 3.94. The average Bonchev–Trinajstić information content (AvgIpc) is 3.02. The van der Waals surface area contributed by atoms with E-state index in [0.717, 1.165) is 16.8 Å². The fourth-order valence-corrected chi connectivity index (χ4v) is 3.24. The van der Waals surface area contributed by atoms with E-state index in [4.69, 9.17) is 9.84 Å². The number of ether oxygens (including phenoxy) is 1. The van der Waals surface area contributed by atoms with Gasteiger partial charge in [-0.25, -0.2) is 0 Å². The molecule has 0 radical (unpaired) electrons. The highest BCUT2D eigenvalue weighted by Gasteiger charge is 2.34. The zero-order valence-electron chi connectivity index (χ0n) is 15.8. The van der Waals surface area contributed by atoms with Gasteiger partial charge in [0.1, 0.15) is 5.75 Å². The van der Waals surface area contributed by atoms with Crippen molar-refractivity contribution in [1.82, 2.24) is 0 Å². The van der Waals surface area contributed by atoms with Crippen LogP contribution in [0.25, 0.3) is 0 Å². The number of amides is 2. The number of carboxylic acid groups (broad SMARTS) is 1. The fraction of sp³-hybridized carbons (Fsp3) is 0.286. The van der Waals surface area contributed by atoms with Crippen molar-refractivity contribution in [1.29, 1.82) is 0 Å². The highest BCUT2D eigenvalue weighted by Crippen LogP contribution is 2.27. The van der Waals surface area contributed by atoms with Crippen molar-refractivity contribution in [2.45, 2.75) is 20.3 Å². The molecule has 1 fully saturated rings. The SMILES string of the molecule is Cc1cc(C)cc(NC(=O)COc2ccc(N3CC(C(=O)O)CC3=O)cc2)c1. The maximum Gasteiger partial charge on any atom is 0.308 e. The molecule has 0 aromatic heterocycles. The van der Waals surface area contributed by atoms with Crippen LogP contribution in [0.4, 0.5) is 11.4 Å². The van der Waals surface area contributed by atoms with Crippen molar-refractivity contribution < 1.29 is 24.2 Å². The molecule has 7 nitrogen and oxygen atoms in total. The number of aryl methyl sites for hydroxylation is 2. The second-order valence-electron chi connectivity index (χ2n) is 6.95. The molecule has 1 saturated heterocycles. The van der Waals surface area contributed by atoms with Gasteiger partial charge in [-0.2, -0.15) is 0 Å². The van der Waals surface area contributed by atoms with Gasteiger partial charge in [0, 0.05) is 24.3 Å². The number of hydrogen-bond donors (Lipinski definition) is 2. The molecule has 0 bridgehead atoms. The first kappa shape index (κ1) is 19.4. The highest BCUT2D eigenvalue weighted by molar-refractivity contribution is 5.99. The molecule has 7 heteroatoms. The van der Waals surface area contributed by atoms with E-state index in [-0.39, 0.29) is 31.4 Å². The summed E-state index contributed by atoms with van der Waals surface area (Å²) in [4.78, 5) is 36.6. The molecule has 146 valence electrons. The Morgan fingerprint density at radius 3 is 2.36 bits per heavy atom. The average molecular weight is 382 g/mol. The number of nitrogens with one attached hydrogen (secondary N) is 1. The molecule has 28 heavy (non-hydrogen) atoms. The first-order chi connectivity index (χ1) is 13.3. The van der Waals surface area contributed by atoms with Gasteiger partial charge < -0.3 is 20.1 Å². The second-order valence-corrected chi connectivity index (χ2v) is 6.95. The van der Waals surface area contributed by atoms with Gasteiger partial charge >= 0.3 is 5.97 Å². The molecule has 2 amide bonds. The van der Waals surface area contributed by atoms with Crippen molar-refractivity contribution in [2.24, 2.45) is 5.92 Å². The van der Waals surface area contributed by atoms with Gasteiger partial charge in [0.15, 0.2) is 6.61 Å². The van der Waals surface area contributed by atoms with Crippen molar-refractivity contribution in [2.75, 3.05) is 23.4 Å². The lowest BCUT2D eigenvalue weighted by atomic mass is 10.1. The molecule has 2 aromatic carbocycles. The van der Waals surface area contributed by atoms with E-state index in [0.29, 0.717) is 11.4 Å². The zero-order chi connectivity index (χ0) is 20.3. The molecule has 0 spiro atoms. The van der Waals surface area contributed by atoms with Crippen molar-refractivity contribution in [3.05, 3.63) is 53.6 Å². The summed E-state index contributed by atoms with van der Waals surface area (Å²) in [7, 11) is 0.